The van der Waals surface area contributed by atoms with Crippen LogP contribution in [0.5, 0.6) is 0 Å². The predicted octanol–water partition coefficient (Wildman–Crippen LogP) is 3.39. The molecule has 19 heavy (non-hydrogen) atoms. The fourth-order valence-corrected chi connectivity index (χ4v) is 3.24. The maximum absolute atomic E-state index is 4.50. The lowest BCUT2D eigenvalue weighted by atomic mass is 9.97. The van der Waals surface area contributed by atoms with Crippen molar-refractivity contribution in [3.8, 4) is 0 Å². The average Bonchev–Trinajstić information content (AvgIpc) is 3.06. The molecule has 1 fully saturated rings. The van der Waals surface area contributed by atoms with Crippen LogP contribution in [0.4, 0.5) is 0 Å². The molecule has 0 saturated heterocycles. The molecule has 1 saturated carbocycles. The van der Waals surface area contributed by atoms with Crippen molar-refractivity contribution in [2.24, 2.45) is 5.92 Å². The highest BCUT2D eigenvalue weighted by molar-refractivity contribution is 4.94. The zero-order valence-corrected chi connectivity index (χ0v) is 12.6. The number of imidazole rings is 1. The minimum absolute atomic E-state index is 0.632. The van der Waals surface area contributed by atoms with Gasteiger partial charge in [0.2, 0.25) is 0 Å². The normalized spacial score (nSPS) is 18.0. The Morgan fingerprint density at radius 3 is 2.79 bits per heavy atom. The first kappa shape index (κ1) is 14.6. The van der Waals surface area contributed by atoms with Crippen LogP contribution in [-0.4, -0.2) is 22.1 Å². The number of hydrogen-bond donors (Lipinski definition) is 1. The van der Waals surface area contributed by atoms with Crippen molar-refractivity contribution in [3.05, 3.63) is 18.2 Å². The Hall–Kier alpha value is -0.830. The van der Waals surface area contributed by atoms with Crippen LogP contribution in [0.1, 0.15) is 58.2 Å². The van der Waals surface area contributed by atoms with Gasteiger partial charge in [0, 0.05) is 31.4 Å². The Labute approximate surface area is 117 Å². The molecule has 3 nitrogen and oxygen atoms in total. The summed E-state index contributed by atoms with van der Waals surface area (Å²) in [5.74, 6) is 2.12. The van der Waals surface area contributed by atoms with Gasteiger partial charge in [0.25, 0.3) is 0 Å². The monoisotopic (exact) mass is 263 g/mol. The molecule has 1 aliphatic carbocycles. The van der Waals surface area contributed by atoms with E-state index in [-0.39, 0.29) is 0 Å². The summed E-state index contributed by atoms with van der Waals surface area (Å²) in [7, 11) is 0. The van der Waals surface area contributed by atoms with Crippen molar-refractivity contribution in [1.29, 1.82) is 0 Å². The third kappa shape index (κ3) is 4.07. The molecule has 108 valence electrons. The van der Waals surface area contributed by atoms with Gasteiger partial charge < -0.3 is 9.88 Å². The first-order chi connectivity index (χ1) is 9.35. The predicted molar refractivity (Wildman–Crippen MR) is 80.3 cm³/mol. The van der Waals surface area contributed by atoms with Gasteiger partial charge in [0.1, 0.15) is 5.82 Å². The van der Waals surface area contributed by atoms with Gasteiger partial charge in [-0.15, -0.1) is 0 Å². The maximum atomic E-state index is 4.50. The molecule has 0 aliphatic heterocycles. The molecule has 1 aliphatic rings. The molecule has 2 rings (SSSR count). The highest BCUT2D eigenvalue weighted by Gasteiger charge is 2.25. The molecule has 1 N–H and O–H groups in total. The lowest BCUT2D eigenvalue weighted by Gasteiger charge is -2.26. The lowest BCUT2D eigenvalue weighted by Crippen LogP contribution is -2.39. The van der Waals surface area contributed by atoms with E-state index in [9.17, 15) is 0 Å². The fraction of sp³-hybridized carbons (Fsp3) is 0.812. The van der Waals surface area contributed by atoms with Gasteiger partial charge in [-0.1, -0.05) is 26.7 Å². The molecule has 1 heterocycles. The van der Waals surface area contributed by atoms with Crippen LogP contribution in [0.15, 0.2) is 12.4 Å². The van der Waals surface area contributed by atoms with E-state index in [4.69, 9.17) is 0 Å². The smallest absolute Gasteiger partial charge is 0.108 e. The summed E-state index contributed by atoms with van der Waals surface area (Å²) in [5, 5.41) is 3.77. The van der Waals surface area contributed by atoms with E-state index >= 15 is 0 Å². The Kier molecular flexibility index (Phi) is 5.90. The summed E-state index contributed by atoms with van der Waals surface area (Å²) in [6, 6.07) is 0.632. The molecule has 3 heteroatoms. The Bertz CT molecular complexity index is 353. The second-order valence-electron chi connectivity index (χ2n) is 5.85. The summed E-state index contributed by atoms with van der Waals surface area (Å²) in [6.45, 7) is 6.71. The molecular formula is C16H29N3. The molecule has 1 unspecified atom stereocenters. The highest BCUT2D eigenvalue weighted by atomic mass is 15.1. The second-order valence-corrected chi connectivity index (χ2v) is 5.85. The van der Waals surface area contributed by atoms with E-state index in [0.717, 1.165) is 25.4 Å². The third-order valence-corrected chi connectivity index (χ3v) is 4.29. The number of aryl methyl sites for hydroxylation is 1. The van der Waals surface area contributed by atoms with E-state index in [2.05, 4.69) is 34.9 Å². The van der Waals surface area contributed by atoms with Crippen LogP contribution in [0.3, 0.4) is 0 Å². The number of rotatable bonds is 8. The summed E-state index contributed by atoms with van der Waals surface area (Å²) >= 11 is 0. The van der Waals surface area contributed by atoms with Gasteiger partial charge >= 0.3 is 0 Å². The van der Waals surface area contributed by atoms with Crippen molar-refractivity contribution >= 4 is 0 Å². The van der Waals surface area contributed by atoms with Crippen molar-refractivity contribution in [1.82, 2.24) is 14.9 Å². The van der Waals surface area contributed by atoms with Crippen molar-refractivity contribution < 1.29 is 0 Å². The first-order valence-electron chi connectivity index (χ1n) is 8.08. The van der Waals surface area contributed by atoms with E-state index in [0.29, 0.717) is 6.04 Å². The molecule has 1 aromatic heterocycles. The number of aromatic nitrogens is 2. The molecule has 0 radical (unpaired) electrons. The molecule has 0 amide bonds. The standard InChI is InChI=1S/C16H29N3/c1-3-7-16-18-11-12-19(16)13-15(17-10-4-2)14-8-5-6-9-14/h11-12,14-15,17H,3-10,13H2,1-2H3. The van der Waals surface area contributed by atoms with Crippen LogP contribution in [0.2, 0.25) is 0 Å². The van der Waals surface area contributed by atoms with Crippen molar-refractivity contribution in [2.45, 2.75) is 71.4 Å². The third-order valence-electron chi connectivity index (χ3n) is 4.29. The van der Waals surface area contributed by atoms with Gasteiger partial charge in [0.05, 0.1) is 0 Å². The van der Waals surface area contributed by atoms with E-state index in [1.54, 1.807) is 0 Å². The topological polar surface area (TPSA) is 29.9 Å². The summed E-state index contributed by atoms with van der Waals surface area (Å²) < 4.78 is 2.37. The lowest BCUT2D eigenvalue weighted by molar-refractivity contribution is 0.319. The van der Waals surface area contributed by atoms with Gasteiger partial charge in [-0.05, 0) is 38.1 Å². The SMILES string of the molecule is CCCNC(Cn1ccnc1CCC)C1CCCC1. The largest absolute Gasteiger partial charge is 0.333 e. The van der Waals surface area contributed by atoms with Crippen molar-refractivity contribution in [2.75, 3.05) is 6.54 Å². The number of hydrogen-bond acceptors (Lipinski definition) is 2. The maximum Gasteiger partial charge on any atom is 0.108 e. The first-order valence-corrected chi connectivity index (χ1v) is 8.08. The van der Waals surface area contributed by atoms with E-state index < -0.39 is 0 Å². The Morgan fingerprint density at radius 1 is 1.32 bits per heavy atom. The minimum atomic E-state index is 0.632. The summed E-state index contributed by atoms with van der Waals surface area (Å²) in [5.41, 5.74) is 0. The van der Waals surface area contributed by atoms with E-state index in [1.165, 1.54) is 44.3 Å². The molecule has 1 aromatic rings. The van der Waals surface area contributed by atoms with Gasteiger partial charge in [0.15, 0.2) is 0 Å². The Morgan fingerprint density at radius 2 is 2.11 bits per heavy atom. The molecular weight excluding hydrogens is 234 g/mol. The van der Waals surface area contributed by atoms with Crippen LogP contribution in [0.25, 0.3) is 0 Å². The van der Waals surface area contributed by atoms with Crippen LogP contribution < -0.4 is 5.32 Å². The van der Waals surface area contributed by atoms with Crippen LogP contribution in [-0.2, 0) is 13.0 Å². The van der Waals surface area contributed by atoms with Gasteiger partial charge in [-0.2, -0.15) is 0 Å². The number of nitrogens with one attached hydrogen (secondary N) is 1. The average molecular weight is 263 g/mol. The van der Waals surface area contributed by atoms with E-state index in [1.807, 2.05) is 6.20 Å². The van der Waals surface area contributed by atoms with Gasteiger partial charge in [-0.25, -0.2) is 4.98 Å². The van der Waals surface area contributed by atoms with Crippen LogP contribution in [0, 0.1) is 5.92 Å². The zero-order valence-electron chi connectivity index (χ0n) is 12.6. The second kappa shape index (κ2) is 7.68. The van der Waals surface area contributed by atoms with Crippen LogP contribution >= 0.6 is 0 Å². The highest BCUT2D eigenvalue weighted by Crippen LogP contribution is 2.28. The van der Waals surface area contributed by atoms with Gasteiger partial charge in [-0.3, -0.25) is 0 Å². The molecule has 0 spiro atoms. The molecule has 0 bridgehead atoms. The molecule has 0 aromatic carbocycles. The molecule has 1 atom stereocenters. The number of nitrogens with zero attached hydrogens (tertiary/aromatic N) is 2. The quantitative estimate of drug-likeness (QED) is 0.779. The summed E-state index contributed by atoms with van der Waals surface area (Å²) in [4.78, 5) is 4.50. The zero-order chi connectivity index (χ0) is 13.5. The van der Waals surface area contributed by atoms with Crippen molar-refractivity contribution in [3.63, 3.8) is 0 Å². The minimum Gasteiger partial charge on any atom is -0.333 e. The summed E-state index contributed by atoms with van der Waals surface area (Å²) in [6.07, 6.45) is 13.2. The Balaban J connectivity index is 1.99. The fourth-order valence-electron chi connectivity index (χ4n) is 3.24.